The summed E-state index contributed by atoms with van der Waals surface area (Å²) in [7, 11) is 0. The van der Waals surface area contributed by atoms with Crippen LogP contribution in [0.3, 0.4) is 0 Å². The van der Waals surface area contributed by atoms with Crippen LogP contribution in [0.5, 0.6) is 0 Å². The second-order valence-electron chi connectivity index (χ2n) is 7.69. The summed E-state index contributed by atoms with van der Waals surface area (Å²) in [6.45, 7) is 7.78. The summed E-state index contributed by atoms with van der Waals surface area (Å²) >= 11 is 0. The molecule has 0 amide bonds. The summed E-state index contributed by atoms with van der Waals surface area (Å²) in [5.41, 5.74) is 1.54. The summed E-state index contributed by atoms with van der Waals surface area (Å²) in [4.78, 5) is 0. The molecular formula is C22H38N+. The van der Waals surface area contributed by atoms with E-state index in [0.29, 0.717) is 0 Å². The van der Waals surface area contributed by atoms with Gasteiger partial charge in [0.15, 0.2) is 0 Å². The third-order valence-corrected chi connectivity index (χ3v) is 5.61. The molecule has 0 aromatic heterocycles. The van der Waals surface area contributed by atoms with Crippen LogP contribution in [0.2, 0.25) is 0 Å². The van der Waals surface area contributed by atoms with Gasteiger partial charge in [0.05, 0.1) is 19.6 Å². The van der Waals surface area contributed by atoms with Crippen molar-refractivity contribution in [2.45, 2.75) is 84.1 Å². The maximum absolute atomic E-state index is 2.32. The minimum absolute atomic E-state index is 1.26. The van der Waals surface area contributed by atoms with Crippen molar-refractivity contribution in [3.05, 3.63) is 35.9 Å². The lowest BCUT2D eigenvalue weighted by Gasteiger charge is -2.42. The number of unbranched alkanes of at least 4 members (excludes halogenated alkanes) is 7. The van der Waals surface area contributed by atoms with Crippen LogP contribution in [-0.4, -0.2) is 24.1 Å². The van der Waals surface area contributed by atoms with Crippen LogP contribution < -0.4 is 0 Å². The SMILES string of the molecule is CCCCCCCCCC[N+]1(Cc2ccccc2)CCCCC1. The topological polar surface area (TPSA) is 0 Å². The Hall–Kier alpha value is -0.820. The summed E-state index contributed by atoms with van der Waals surface area (Å²) in [5.74, 6) is 0. The summed E-state index contributed by atoms with van der Waals surface area (Å²) in [5, 5.41) is 0. The third kappa shape index (κ3) is 7.08. The molecule has 1 aliphatic heterocycles. The number of piperidine rings is 1. The average Bonchev–Trinajstić information content (AvgIpc) is 2.59. The third-order valence-electron chi connectivity index (χ3n) is 5.61. The highest BCUT2D eigenvalue weighted by atomic mass is 15.4. The highest BCUT2D eigenvalue weighted by Gasteiger charge is 2.29. The molecule has 130 valence electrons. The van der Waals surface area contributed by atoms with E-state index in [4.69, 9.17) is 0 Å². The average molecular weight is 317 g/mol. The first kappa shape index (κ1) is 18.5. The maximum Gasteiger partial charge on any atom is 0.104 e. The van der Waals surface area contributed by atoms with E-state index in [9.17, 15) is 0 Å². The molecule has 1 heteroatoms. The first-order valence-corrected chi connectivity index (χ1v) is 10.2. The van der Waals surface area contributed by atoms with Crippen LogP contribution in [0.4, 0.5) is 0 Å². The van der Waals surface area contributed by atoms with Crippen LogP contribution in [0.1, 0.15) is 83.1 Å². The molecule has 1 aliphatic rings. The predicted molar refractivity (Wildman–Crippen MR) is 101 cm³/mol. The Morgan fingerprint density at radius 2 is 1.35 bits per heavy atom. The Morgan fingerprint density at radius 3 is 2.00 bits per heavy atom. The van der Waals surface area contributed by atoms with Gasteiger partial charge in [-0.3, -0.25) is 0 Å². The lowest BCUT2D eigenvalue weighted by molar-refractivity contribution is -0.945. The first-order chi connectivity index (χ1) is 11.3. The summed E-state index contributed by atoms with van der Waals surface area (Å²) in [6, 6.07) is 11.2. The maximum atomic E-state index is 2.32. The van der Waals surface area contributed by atoms with Crippen molar-refractivity contribution in [2.24, 2.45) is 0 Å². The van der Waals surface area contributed by atoms with Crippen molar-refractivity contribution in [3.63, 3.8) is 0 Å². The van der Waals surface area contributed by atoms with Gasteiger partial charge in [0.2, 0.25) is 0 Å². The standard InChI is InChI=1S/C22H38N/c1-2-3-4-5-6-7-8-13-18-23(19-14-10-15-20-23)21-22-16-11-9-12-17-22/h9,11-12,16-17H,2-8,10,13-15,18-21H2,1H3/q+1. The van der Waals surface area contributed by atoms with Gasteiger partial charge in [-0.15, -0.1) is 0 Å². The largest absolute Gasteiger partial charge is 0.320 e. The fraction of sp³-hybridized carbons (Fsp3) is 0.727. The van der Waals surface area contributed by atoms with Gasteiger partial charge in [0, 0.05) is 5.56 Å². The number of hydrogen-bond donors (Lipinski definition) is 0. The number of quaternary nitrogens is 1. The first-order valence-electron chi connectivity index (χ1n) is 10.2. The van der Waals surface area contributed by atoms with Crippen LogP contribution >= 0.6 is 0 Å². The van der Waals surface area contributed by atoms with Crippen molar-refractivity contribution in [3.8, 4) is 0 Å². The Balaban J connectivity index is 1.71. The zero-order valence-corrected chi connectivity index (χ0v) is 15.4. The number of rotatable bonds is 11. The minimum atomic E-state index is 1.26. The van der Waals surface area contributed by atoms with E-state index in [-0.39, 0.29) is 0 Å². The Labute approximate surface area is 144 Å². The summed E-state index contributed by atoms with van der Waals surface area (Å²) < 4.78 is 1.36. The van der Waals surface area contributed by atoms with Crippen LogP contribution in [0.15, 0.2) is 30.3 Å². The van der Waals surface area contributed by atoms with E-state index >= 15 is 0 Å². The number of benzene rings is 1. The van der Waals surface area contributed by atoms with Gasteiger partial charge < -0.3 is 4.48 Å². The molecule has 0 radical (unpaired) electrons. The van der Waals surface area contributed by atoms with E-state index in [1.807, 2.05) is 0 Å². The molecular weight excluding hydrogens is 278 g/mol. The Bertz CT molecular complexity index is 392. The van der Waals surface area contributed by atoms with Gasteiger partial charge in [0.1, 0.15) is 6.54 Å². The van der Waals surface area contributed by atoms with Gasteiger partial charge in [-0.05, 0) is 32.1 Å². The van der Waals surface area contributed by atoms with Gasteiger partial charge in [0.25, 0.3) is 0 Å². The molecule has 0 atom stereocenters. The van der Waals surface area contributed by atoms with Crippen molar-refractivity contribution >= 4 is 0 Å². The molecule has 0 bridgehead atoms. The van der Waals surface area contributed by atoms with Crippen molar-refractivity contribution in [1.82, 2.24) is 0 Å². The number of likely N-dealkylation sites (tertiary alicyclic amines) is 1. The van der Waals surface area contributed by atoms with Crippen molar-refractivity contribution in [2.75, 3.05) is 19.6 Å². The lowest BCUT2D eigenvalue weighted by Crippen LogP contribution is -2.51. The molecule has 0 spiro atoms. The molecule has 1 saturated heterocycles. The molecule has 0 unspecified atom stereocenters. The molecule has 0 saturated carbocycles. The molecule has 0 aliphatic carbocycles. The summed E-state index contributed by atoms with van der Waals surface area (Å²) in [6.07, 6.45) is 15.8. The smallest absolute Gasteiger partial charge is 0.104 e. The molecule has 1 aromatic carbocycles. The van der Waals surface area contributed by atoms with E-state index in [2.05, 4.69) is 37.3 Å². The van der Waals surface area contributed by atoms with Gasteiger partial charge in [-0.1, -0.05) is 75.8 Å². The molecule has 2 rings (SSSR count). The van der Waals surface area contributed by atoms with Crippen LogP contribution in [0, 0.1) is 0 Å². The molecule has 1 fully saturated rings. The van der Waals surface area contributed by atoms with Crippen LogP contribution in [0.25, 0.3) is 0 Å². The Kier molecular flexibility index (Phi) is 8.74. The normalized spacial score (nSPS) is 17.3. The number of hydrogen-bond acceptors (Lipinski definition) is 0. The molecule has 1 nitrogen and oxygen atoms in total. The monoisotopic (exact) mass is 316 g/mol. The zero-order valence-electron chi connectivity index (χ0n) is 15.4. The lowest BCUT2D eigenvalue weighted by atomic mass is 10.0. The second-order valence-corrected chi connectivity index (χ2v) is 7.69. The van der Waals surface area contributed by atoms with Gasteiger partial charge in [-0.2, -0.15) is 0 Å². The highest BCUT2D eigenvalue weighted by molar-refractivity contribution is 5.13. The fourth-order valence-corrected chi connectivity index (χ4v) is 4.20. The highest BCUT2D eigenvalue weighted by Crippen LogP contribution is 2.24. The van der Waals surface area contributed by atoms with Crippen molar-refractivity contribution < 1.29 is 4.48 Å². The number of nitrogens with zero attached hydrogens (tertiary/aromatic N) is 1. The molecule has 1 aromatic rings. The van der Waals surface area contributed by atoms with Gasteiger partial charge in [-0.25, -0.2) is 0 Å². The molecule has 23 heavy (non-hydrogen) atoms. The van der Waals surface area contributed by atoms with E-state index in [1.165, 1.54) is 107 Å². The Morgan fingerprint density at radius 1 is 0.739 bits per heavy atom. The molecule has 0 N–H and O–H groups in total. The predicted octanol–water partition coefficient (Wildman–Crippen LogP) is 6.33. The van der Waals surface area contributed by atoms with E-state index in [0.717, 1.165) is 0 Å². The zero-order chi connectivity index (χ0) is 16.2. The second kappa shape index (κ2) is 10.9. The fourth-order valence-electron chi connectivity index (χ4n) is 4.20. The van der Waals surface area contributed by atoms with Gasteiger partial charge >= 0.3 is 0 Å². The van der Waals surface area contributed by atoms with E-state index < -0.39 is 0 Å². The van der Waals surface area contributed by atoms with E-state index in [1.54, 1.807) is 0 Å². The minimum Gasteiger partial charge on any atom is -0.320 e. The molecule has 1 heterocycles. The quantitative estimate of drug-likeness (QED) is 0.330. The van der Waals surface area contributed by atoms with Crippen LogP contribution in [-0.2, 0) is 6.54 Å². The van der Waals surface area contributed by atoms with Crippen molar-refractivity contribution in [1.29, 1.82) is 0 Å².